The normalized spacial score (nSPS) is 21.8. The third kappa shape index (κ3) is 13.2. The lowest BCUT2D eigenvalue weighted by molar-refractivity contribution is 0.0620. The van der Waals surface area contributed by atoms with Gasteiger partial charge in [-0.2, -0.15) is 0 Å². The molecule has 27 heavy (non-hydrogen) atoms. The molecule has 0 amide bonds. The van der Waals surface area contributed by atoms with Gasteiger partial charge >= 0.3 is 0 Å². The zero-order valence-electron chi connectivity index (χ0n) is 20.0. The maximum absolute atomic E-state index is 6.47. The van der Waals surface area contributed by atoms with Crippen LogP contribution in [-0.2, 0) is 13.9 Å². The third-order valence-corrected chi connectivity index (χ3v) is 8.08. The van der Waals surface area contributed by atoms with Crippen LogP contribution in [0.4, 0.5) is 0 Å². The molecule has 0 spiro atoms. The van der Waals surface area contributed by atoms with Gasteiger partial charge in [-0.1, -0.05) is 39.5 Å². The standard InChI is InChI=1S/C22H48O3Si2/c1-19(14-21(2,3)25-27(8,9)10)15-22(4,18-26(5,6)7)12-11-13-23-16-20-17-24-20/h19-20H,11-18H2,1-10H3. The molecule has 0 saturated carbocycles. The average molecular weight is 417 g/mol. The van der Waals surface area contributed by atoms with Crippen LogP contribution in [-0.4, -0.2) is 47.9 Å². The van der Waals surface area contributed by atoms with E-state index in [9.17, 15) is 0 Å². The van der Waals surface area contributed by atoms with E-state index < -0.39 is 16.4 Å². The van der Waals surface area contributed by atoms with Crippen molar-refractivity contribution in [3.05, 3.63) is 0 Å². The molecule has 1 rings (SSSR count). The number of hydrogen-bond donors (Lipinski definition) is 0. The summed E-state index contributed by atoms with van der Waals surface area (Å²) < 4.78 is 17.5. The molecule has 3 unspecified atom stereocenters. The molecule has 0 aromatic heterocycles. The summed E-state index contributed by atoms with van der Waals surface area (Å²) in [5.41, 5.74) is 0.399. The summed E-state index contributed by atoms with van der Waals surface area (Å²) in [6.45, 7) is 26.5. The van der Waals surface area contributed by atoms with Crippen molar-refractivity contribution in [2.24, 2.45) is 11.3 Å². The van der Waals surface area contributed by atoms with Crippen molar-refractivity contribution in [3.8, 4) is 0 Å². The average Bonchev–Trinajstić information content (AvgIpc) is 3.15. The maximum Gasteiger partial charge on any atom is 0.184 e. The van der Waals surface area contributed by atoms with Crippen molar-refractivity contribution >= 4 is 16.4 Å². The van der Waals surface area contributed by atoms with E-state index in [0.717, 1.165) is 32.7 Å². The van der Waals surface area contributed by atoms with Crippen molar-refractivity contribution in [2.45, 2.75) is 110 Å². The molecule has 0 bridgehead atoms. The summed E-state index contributed by atoms with van der Waals surface area (Å²) in [4.78, 5) is 0. The Labute approximate surface area is 172 Å². The summed E-state index contributed by atoms with van der Waals surface area (Å²) in [6.07, 6.45) is 5.25. The highest BCUT2D eigenvalue weighted by atomic mass is 28.4. The lowest BCUT2D eigenvalue weighted by atomic mass is 9.77. The van der Waals surface area contributed by atoms with Crippen LogP contribution in [0, 0.1) is 11.3 Å². The van der Waals surface area contributed by atoms with Crippen LogP contribution in [0.25, 0.3) is 0 Å². The second kappa shape index (κ2) is 9.88. The van der Waals surface area contributed by atoms with Crippen LogP contribution in [0.5, 0.6) is 0 Å². The molecule has 5 heteroatoms. The highest BCUT2D eigenvalue weighted by Crippen LogP contribution is 2.41. The van der Waals surface area contributed by atoms with Gasteiger partial charge in [-0.25, -0.2) is 0 Å². The molecule has 0 aliphatic carbocycles. The van der Waals surface area contributed by atoms with Gasteiger partial charge in [0.1, 0.15) is 6.10 Å². The molecule has 1 heterocycles. The Morgan fingerprint density at radius 1 is 1.04 bits per heavy atom. The Bertz CT molecular complexity index is 436. The van der Waals surface area contributed by atoms with Crippen molar-refractivity contribution < 1.29 is 13.9 Å². The van der Waals surface area contributed by atoms with Gasteiger partial charge in [-0.15, -0.1) is 0 Å². The molecule has 1 saturated heterocycles. The van der Waals surface area contributed by atoms with Gasteiger partial charge in [0.15, 0.2) is 8.32 Å². The van der Waals surface area contributed by atoms with E-state index in [1.807, 2.05) is 0 Å². The van der Waals surface area contributed by atoms with Crippen molar-refractivity contribution in [3.63, 3.8) is 0 Å². The van der Waals surface area contributed by atoms with E-state index in [0.29, 0.717) is 17.4 Å². The molecule has 1 aliphatic heterocycles. The van der Waals surface area contributed by atoms with E-state index in [1.54, 1.807) is 0 Å². The molecule has 3 nitrogen and oxygen atoms in total. The van der Waals surface area contributed by atoms with Crippen LogP contribution in [0.3, 0.4) is 0 Å². The topological polar surface area (TPSA) is 31.0 Å². The van der Waals surface area contributed by atoms with Crippen LogP contribution in [0.15, 0.2) is 0 Å². The second-order valence-electron chi connectivity index (χ2n) is 12.2. The smallest absolute Gasteiger partial charge is 0.184 e. The first-order valence-electron chi connectivity index (χ1n) is 11.0. The largest absolute Gasteiger partial charge is 0.413 e. The molecular formula is C22H48O3Si2. The Balaban J connectivity index is 2.57. The van der Waals surface area contributed by atoms with Gasteiger partial charge in [0.2, 0.25) is 0 Å². The summed E-state index contributed by atoms with van der Waals surface area (Å²) in [6, 6.07) is 1.39. The fourth-order valence-corrected chi connectivity index (χ4v) is 9.77. The van der Waals surface area contributed by atoms with Gasteiger partial charge in [0.05, 0.1) is 18.8 Å². The molecule has 0 aromatic rings. The quantitative estimate of drug-likeness (QED) is 0.182. The number of hydrogen-bond acceptors (Lipinski definition) is 3. The van der Waals surface area contributed by atoms with E-state index in [-0.39, 0.29) is 5.60 Å². The zero-order valence-corrected chi connectivity index (χ0v) is 22.0. The Hall–Kier alpha value is 0.314. The Kier molecular flexibility index (Phi) is 9.28. The van der Waals surface area contributed by atoms with Crippen LogP contribution in [0.1, 0.15) is 53.4 Å². The van der Waals surface area contributed by atoms with Gasteiger partial charge in [0.25, 0.3) is 0 Å². The van der Waals surface area contributed by atoms with Crippen LogP contribution >= 0.6 is 0 Å². The molecule has 162 valence electrons. The van der Waals surface area contributed by atoms with Gasteiger partial charge in [-0.3, -0.25) is 0 Å². The van der Waals surface area contributed by atoms with Crippen molar-refractivity contribution in [2.75, 3.05) is 19.8 Å². The SMILES string of the molecule is CC(CC(C)(CCCOCC1CO1)C[Si](C)(C)C)CC(C)(C)O[Si](C)(C)C. The summed E-state index contributed by atoms with van der Waals surface area (Å²) >= 11 is 0. The lowest BCUT2D eigenvalue weighted by Gasteiger charge is -2.40. The monoisotopic (exact) mass is 416 g/mol. The van der Waals surface area contributed by atoms with E-state index in [2.05, 4.69) is 67.0 Å². The number of epoxide rings is 1. The fourth-order valence-electron chi connectivity index (χ4n) is 5.15. The van der Waals surface area contributed by atoms with Crippen LogP contribution < -0.4 is 0 Å². The predicted octanol–water partition coefficient (Wildman–Crippen LogP) is 6.57. The second-order valence-corrected chi connectivity index (χ2v) is 22.1. The Morgan fingerprint density at radius 3 is 2.11 bits per heavy atom. The van der Waals surface area contributed by atoms with Crippen molar-refractivity contribution in [1.82, 2.24) is 0 Å². The third-order valence-electron chi connectivity index (χ3n) is 5.00. The highest BCUT2D eigenvalue weighted by Gasteiger charge is 2.35. The fraction of sp³-hybridized carbons (Fsp3) is 1.00. The summed E-state index contributed by atoms with van der Waals surface area (Å²) in [5.74, 6) is 0.679. The number of rotatable bonds is 14. The van der Waals surface area contributed by atoms with Gasteiger partial charge in [0, 0.05) is 14.7 Å². The summed E-state index contributed by atoms with van der Waals surface area (Å²) in [5, 5.41) is 0. The van der Waals surface area contributed by atoms with E-state index in [4.69, 9.17) is 13.9 Å². The Morgan fingerprint density at radius 2 is 1.63 bits per heavy atom. The maximum atomic E-state index is 6.47. The number of ether oxygens (including phenoxy) is 2. The minimum absolute atomic E-state index is 0.0165. The molecule has 0 aromatic carbocycles. The highest BCUT2D eigenvalue weighted by molar-refractivity contribution is 6.76. The van der Waals surface area contributed by atoms with Crippen molar-refractivity contribution in [1.29, 1.82) is 0 Å². The van der Waals surface area contributed by atoms with Crippen LogP contribution in [0.2, 0.25) is 45.3 Å². The predicted molar refractivity (Wildman–Crippen MR) is 123 cm³/mol. The molecule has 1 aliphatic rings. The van der Waals surface area contributed by atoms with E-state index >= 15 is 0 Å². The minimum atomic E-state index is -1.51. The summed E-state index contributed by atoms with van der Waals surface area (Å²) in [7, 11) is -2.63. The lowest BCUT2D eigenvalue weighted by Crippen LogP contribution is -2.40. The zero-order chi connectivity index (χ0) is 20.9. The van der Waals surface area contributed by atoms with E-state index in [1.165, 1.54) is 18.9 Å². The molecule has 0 radical (unpaired) electrons. The molecule has 1 fully saturated rings. The van der Waals surface area contributed by atoms with Gasteiger partial charge in [-0.05, 0) is 70.5 Å². The molecule has 3 atom stereocenters. The first kappa shape index (κ1) is 25.4. The minimum Gasteiger partial charge on any atom is -0.413 e. The first-order chi connectivity index (χ1) is 12.1. The molecular weight excluding hydrogens is 368 g/mol. The molecule has 0 N–H and O–H groups in total. The van der Waals surface area contributed by atoms with Gasteiger partial charge < -0.3 is 13.9 Å². The first-order valence-corrected chi connectivity index (χ1v) is 18.1.